The van der Waals surface area contributed by atoms with Crippen molar-refractivity contribution in [3.05, 3.63) is 35.2 Å². The first-order valence-corrected chi connectivity index (χ1v) is 7.37. The summed E-state index contributed by atoms with van der Waals surface area (Å²) >= 11 is 0. The van der Waals surface area contributed by atoms with Crippen molar-refractivity contribution < 1.29 is 18.9 Å². The zero-order chi connectivity index (χ0) is 18.1. The van der Waals surface area contributed by atoms with Crippen LogP contribution >= 0.6 is 0 Å². The number of amides is 1. The van der Waals surface area contributed by atoms with E-state index in [1.54, 1.807) is 25.1 Å². The number of nitrogens with zero attached hydrogens (tertiary/aromatic N) is 6. The second-order valence-electron chi connectivity index (χ2n) is 5.22. The maximum absolute atomic E-state index is 12.2. The highest BCUT2D eigenvalue weighted by atomic mass is 16.7. The van der Waals surface area contributed by atoms with Crippen LogP contribution in [0, 0.1) is 6.92 Å². The van der Waals surface area contributed by atoms with Crippen LogP contribution in [0.3, 0.4) is 0 Å². The molecule has 0 bridgehead atoms. The van der Waals surface area contributed by atoms with Crippen LogP contribution in [0.25, 0.3) is 5.82 Å². The Morgan fingerprint density at radius 2 is 2.19 bits per heavy atom. The first kappa shape index (κ1) is 15.6. The first-order chi connectivity index (χ1) is 12.6. The van der Waals surface area contributed by atoms with Crippen LogP contribution in [0.4, 0.5) is 5.82 Å². The van der Waals surface area contributed by atoms with Gasteiger partial charge in [0.05, 0.1) is 11.9 Å². The minimum absolute atomic E-state index is 0.0331. The number of fused-ring (bicyclic) bond motifs is 1. The number of carbonyl (C=O) groups is 1. The smallest absolute Gasteiger partial charge is 0.293 e. The van der Waals surface area contributed by atoms with E-state index in [2.05, 4.69) is 35.8 Å². The topological polar surface area (TPSA) is 156 Å². The van der Waals surface area contributed by atoms with Gasteiger partial charge in [-0.2, -0.15) is 9.78 Å². The molecule has 26 heavy (non-hydrogen) atoms. The van der Waals surface area contributed by atoms with Crippen LogP contribution in [-0.2, 0) is 0 Å². The SMILES string of the molecule is Cc1c(C(=O)N/N=C/c2ccc3c(c2)OCO3)nnn1-c1nonc1N. The van der Waals surface area contributed by atoms with E-state index >= 15 is 0 Å². The molecule has 2 aromatic heterocycles. The van der Waals surface area contributed by atoms with E-state index in [4.69, 9.17) is 15.2 Å². The number of nitrogens with two attached hydrogens (primary N) is 1. The van der Waals surface area contributed by atoms with Gasteiger partial charge >= 0.3 is 0 Å². The number of aromatic nitrogens is 5. The maximum Gasteiger partial charge on any atom is 0.293 e. The van der Waals surface area contributed by atoms with Crippen LogP contribution in [0.15, 0.2) is 27.9 Å². The van der Waals surface area contributed by atoms with Crippen LogP contribution in [0.1, 0.15) is 21.7 Å². The van der Waals surface area contributed by atoms with Gasteiger partial charge in [-0.05, 0) is 41.0 Å². The van der Waals surface area contributed by atoms with Crippen molar-refractivity contribution in [3.8, 4) is 17.3 Å². The fraction of sp³-hybridized carbons (Fsp3) is 0.143. The van der Waals surface area contributed by atoms with E-state index in [0.717, 1.165) is 5.56 Å². The molecule has 0 spiro atoms. The second-order valence-corrected chi connectivity index (χ2v) is 5.22. The van der Waals surface area contributed by atoms with Crippen LogP contribution in [0.2, 0.25) is 0 Å². The number of anilines is 1. The van der Waals surface area contributed by atoms with Gasteiger partial charge in [-0.3, -0.25) is 4.79 Å². The van der Waals surface area contributed by atoms with E-state index in [1.165, 1.54) is 10.9 Å². The third kappa shape index (κ3) is 2.68. The number of nitrogens with one attached hydrogen (secondary N) is 1. The molecule has 1 aliphatic rings. The quantitative estimate of drug-likeness (QED) is 0.486. The Hall–Kier alpha value is -3.96. The molecule has 3 aromatic rings. The Balaban J connectivity index is 1.47. The summed E-state index contributed by atoms with van der Waals surface area (Å²) in [4.78, 5) is 12.2. The molecule has 0 aliphatic carbocycles. The lowest BCUT2D eigenvalue weighted by atomic mass is 10.2. The summed E-state index contributed by atoms with van der Waals surface area (Å²) < 4.78 is 16.3. The molecule has 3 N–H and O–H groups in total. The summed E-state index contributed by atoms with van der Waals surface area (Å²) in [6, 6.07) is 5.29. The molecule has 0 fully saturated rings. The minimum atomic E-state index is -0.541. The van der Waals surface area contributed by atoms with Gasteiger partial charge in [0.25, 0.3) is 5.91 Å². The average Bonchev–Trinajstić information content (AvgIpc) is 3.34. The lowest BCUT2D eigenvalue weighted by Crippen LogP contribution is -2.19. The number of hydrogen-bond acceptors (Lipinski definition) is 10. The Bertz CT molecular complexity index is 1010. The third-order valence-electron chi connectivity index (χ3n) is 3.58. The van der Waals surface area contributed by atoms with Crippen molar-refractivity contribution in [2.75, 3.05) is 12.5 Å². The van der Waals surface area contributed by atoms with Crippen LogP contribution < -0.4 is 20.6 Å². The van der Waals surface area contributed by atoms with E-state index in [0.29, 0.717) is 17.2 Å². The van der Waals surface area contributed by atoms with Gasteiger partial charge in [0.2, 0.25) is 18.4 Å². The highest BCUT2D eigenvalue weighted by Gasteiger charge is 2.20. The minimum Gasteiger partial charge on any atom is -0.454 e. The van der Waals surface area contributed by atoms with Crippen molar-refractivity contribution in [3.63, 3.8) is 0 Å². The number of ether oxygens (including phenoxy) is 2. The molecule has 0 radical (unpaired) electrons. The van der Waals surface area contributed by atoms with Gasteiger partial charge in [-0.15, -0.1) is 5.10 Å². The molecule has 12 nitrogen and oxygen atoms in total. The molecule has 0 saturated heterocycles. The van der Waals surface area contributed by atoms with E-state index < -0.39 is 5.91 Å². The van der Waals surface area contributed by atoms with Crippen LogP contribution in [0.5, 0.6) is 11.5 Å². The average molecular weight is 356 g/mol. The molecule has 1 aromatic carbocycles. The Kier molecular flexibility index (Phi) is 3.69. The number of rotatable bonds is 4. The molecular formula is C14H12N8O4. The van der Waals surface area contributed by atoms with Crippen molar-refractivity contribution in [1.29, 1.82) is 0 Å². The van der Waals surface area contributed by atoms with E-state index in [9.17, 15) is 4.79 Å². The lowest BCUT2D eigenvalue weighted by molar-refractivity contribution is 0.0949. The van der Waals surface area contributed by atoms with Crippen molar-refractivity contribution >= 4 is 17.9 Å². The number of hydrazone groups is 1. The van der Waals surface area contributed by atoms with Gasteiger partial charge < -0.3 is 15.2 Å². The summed E-state index contributed by atoms with van der Waals surface area (Å²) in [5.74, 6) is 0.933. The monoisotopic (exact) mass is 356 g/mol. The van der Waals surface area contributed by atoms with Gasteiger partial charge in [0, 0.05) is 0 Å². The summed E-state index contributed by atoms with van der Waals surface area (Å²) in [6.07, 6.45) is 1.47. The zero-order valence-electron chi connectivity index (χ0n) is 13.4. The molecule has 0 atom stereocenters. The molecule has 0 saturated carbocycles. The Morgan fingerprint density at radius 1 is 1.35 bits per heavy atom. The predicted molar refractivity (Wildman–Crippen MR) is 86.0 cm³/mol. The largest absolute Gasteiger partial charge is 0.454 e. The zero-order valence-corrected chi connectivity index (χ0v) is 13.4. The fourth-order valence-corrected chi connectivity index (χ4v) is 2.29. The number of carbonyl (C=O) groups excluding carboxylic acids is 1. The van der Waals surface area contributed by atoms with Gasteiger partial charge in [-0.25, -0.2) is 10.1 Å². The molecule has 0 unspecified atom stereocenters. The van der Waals surface area contributed by atoms with Crippen molar-refractivity contribution in [2.24, 2.45) is 5.10 Å². The summed E-state index contributed by atoms with van der Waals surface area (Å²) in [7, 11) is 0. The Labute approximate surface area is 145 Å². The van der Waals surface area contributed by atoms with Gasteiger partial charge in [0.1, 0.15) is 0 Å². The fourth-order valence-electron chi connectivity index (χ4n) is 2.29. The van der Waals surface area contributed by atoms with Crippen LogP contribution in [-0.4, -0.2) is 44.2 Å². The molecule has 4 rings (SSSR count). The summed E-state index contributed by atoms with van der Waals surface area (Å²) in [5.41, 5.74) is 9.20. The lowest BCUT2D eigenvalue weighted by Gasteiger charge is -2.00. The predicted octanol–water partition coefficient (Wildman–Crippen LogP) is 0.0335. The number of nitrogen functional groups attached to an aromatic ring is 1. The molecule has 3 heterocycles. The molecule has 1 amide bonds. The normalized spacial score (nSPS) is 12.7. The van der Waals surface area contributed by atoms with Crippen molar-refractivity contribution in [2.45, 2.75) is 6.92 Å². The second kappa shape index (κ2) is 6.16. The van der Waals surface area contributed by atoms with E-state index in [-0.39, 0.29) is 24.1 Å². The van der Waals surface area contributed by atoms with Gasteiger partial charge in [0.15, 0.2) is 17.2 Å². The molecular weight excluding hydrogens is 344 g/mol. The molecule has 12 heteroatoms. The maximum atomic E-state index is 12.2. The Morgan fingerprint density at radius 3 is 3.00 bits per heavy atom. The highest BCUT2D eigenvalue weighted by Crippen LogP contribution is 2.31. The molecule has 1 aliphatic heterocycles. The first-order valence-electron chi connectivity index (χ1n) is 7.37. The summed E-state index contributed by atoms with van der Waals surface area (Å²) in [6.45, 7) is 1.82. The standard InChI is InChI=1S/C14H12N8O4/c1-7-11(17-21-22(7)13-12(15)19-26-20-13)14(23)18-16-5-8-2-3-9-10(4-8)25-6-24-9/h2-5H,6H2,1H3,(H2,15,19)(H,18,23)/b16-5+. The number of benzene rings is 1. The third-order valence-corrected chi connectivity index (χ3v) is 3.58. The van der Waals surface area contributed by atoms with Crippen molar-refractivity contribution in [1.82, 2.24) is 30.7 Å². The summed E-state index contributed by atoms with van der Waals surface area (Å²) in [5, 5.41) is 18.6. The van der Waals surface area contributed by atoms with Gasteiger partial charge in [-0.1, -0.05) is 5.21 Å². The van der Waals surface area contributed by atoms with E-state index in [1.807, 2.05) is 0 Å². The molecule has 132 valence electrons. The highest BCUT2D eigenvalue weighted by molar-refractivity contribution is 5.94. The number of hydrogen-bond donors (Lipinski definition) is 2.